The van der Waals surface area contributed by atoms with Crippen LogP contribution < -0.4 is 15.8 Å². The number of methoxy groups -OCH3 is 1. The van der Waals surface area contributed by atoms with Crippen molar-refractivity contribution in [1.82, 2.24) is 5.32 Å². The molecule has 0 aromatic heterocycles. The predicted octanol–water partition coefficient (Wildman–Crippen LogP) is 1.85. The Morgan fingerprint density at radius 3 is 2.76 bits per heavy atom. The topological polar surface area (TPSA) is 64.3 Å². The van der Waals surface area contributed by atoms with Crippen molar-refractivity contribution in [1.29, 1.82) is 0 Å². The number of halogens is 2. The predicted molar refractivity (Wildman–Crippen MR) is 71.2 cm³/mol. The average molecular weight is 279 g/mol. The first-order valence-corrected chi connectivity index (χ1v) is 5.30. The van der Waals surface area contributed by atoms with Crippen LogP contribution in [0.4, 0.5) is 0 Å². The largest absolute Gasteiger partial charge is 0.496 e. The number of hydrogen-bond donors (Lipinski definition) is 2. The fourth-order valence-electron chi connectivity index (χ4n) is 1.21. The van der Waals surface area contributed by atoms with E-state index in [4.69, 9.17) is 22.1 Å². The number of carbonyl (C=O) groups excluding carboxylic acids is 1. The van der Waals surface area contributed by atoms with E-state index >= 15 is 0 Å². The molecule has 0 saturated heterocycles. The van der Waals surface area contributed by atoms with Crippen molar-refractivity contribution in [2.45, 2.75) is 13.0 Å². The molecule has 3 N–H and O–H groups in total. The standard InChI is InChI=1S/C11H15ClN2O2.ClH/c1-7(6-13)14-11(15)9-4-3-8(12)5-10(9)16-2;/h3-5,7H,6,13H2,1-2H3,(H,14,15);1H/t7-;/m1./s1. The smallest absolute Gasteiger partial charge is 0.255 e. The number of carbonyl (C=O) groups is 1. The molecule has 0 fully saturated rings. The van der Waals surface area contributed by atoms with Gasteiger partial charge in [0.1, 0.15) is 5.75 Å². The number of hydrogen-bond acceptors (Lipinski definition) is 3. The molecule has 0 aliphatic carbocycles. The van der Waals surface area contributed by atoms with Crippen LogP contribution >= 0.6 is 24.0 Å². The number of nitrogens with two attached hydrogens (primary N) is 1. The zero-order valence-electron chi connectivity index (χ0n) is 9.70. The lowest BCUT2D eigenvalue weighted by Crippen LogP contribution is -2.37. The molecule has 0 unspecified atom stereocenters. The molecular weight excluding hydrogens is 263 g/mol. The number of rotatable bonds is 4. The quantitative estimate of drug-likeness (QED) is 0.884. The molecule has 1 amide bonds. The highest BCUT2D eigenvalue weighted by molar-refractivity contribution is 6.30. The summed E-state index contributed by atoms with van der Waals surface area (Å²) < 4.78 is 5.09. The van der Waals surface area contributed by atoms with E-state index < -0.39 is 0 Å². The summed E-state index contributed by atoms with van der Waals surface area (Å²) in [4.78, 5) is 11.8. The van der Waals surface area contributed by atoms with Crippen molar-refractivity contribution in [2.24, 2.45) is 5.73 Å². The summed E-state index contributed by atoms with van der Waals surface area (Å²) in [5.41, 5.74) is 5.88. The summed E-state index contributed by atoms with van der Waals surface area (Å²) in [6.07, 6.45) is 0. The van der Waals surface area contributed by atoms with E-state index in [1.807, 2.05) is 6.92 Å². The highest BCUT2D eigenvalue weighted by atomic mass is 35.5. The Labute approximate surface area is 112 Å². The minimum Gasteiger partial charge on any atom is -0.496 e. The van der Waals surface area contributed by atoms with Crippen LogP contribution in [0, 0.1) is 0 Å². The van der Waals surface area contributed by atoms with Crippen molar-refractivity contribution < 1.29 is 9.53 Å². The summed E-state index contributed by atoms with van der Waals surface area (Å²) in [5.74, 6) is 0.237. The highest BCUT2D eigenvalue weighted by Gasteiger charge is 2.13. The summed E-state index contributed by atoms with van der Waals surface area (Å²) in [5, 5.41) is 3.28. The van der Waals surface area contributed by atoms with Gasteiger partial charge in [-0.2, -0.15) is 0 Å². The normalized spacial score (nSPS) is 11.3. The lowest BCUT2D eigenvalue weighted by Gasteiger charge is -2.13. The van der Waals surface area contributed by atoms with Crippen LogP contribution in [0.1, 0.15) is 17.3 Å². The van der Waals surface area contributed by atoms with Gasteiger partial charge in [-0.3, -0.25) is 4.79 Å². The van der Waals surface area contributed by atoms with Crippen LogP contribution in [0.15, 0.2) is 18.2 Å². The molecule has 96 valence electrons. The van der Waals surface area contributed by atoms with Gasteiger partial charge in [0.25, 0.3) is 5.91 Å². The van der Waals surface area contributed by atoms with Crippen molar-refractivity contribution in [2.75, 3.05) is 13.7 Å². The average Bonchev–Trinajstić information content (AvgIpc) is 2.28. The molecule has 17 heavy (non-hydrogen) atoms. The Morgan fingerprint density at radius 2 is 2.24 bits per heavy atom. The molecule has 1 aromatic carbocycles. The van der Waals surface area contributed by atoms with Gasteiger partial charge in [0.2, 0.25) is 0 Å². The zero-order chi connectivity index (χ0) is 12.1. The molecule has 4 nitrogen and oxygen atoms in total. The monoisotopic (exact) mass is 278 g/mol. The highest BCUT2D eigenvalue weighted by Crippen LogP contribution is 2.22. The summed E-state index contributed by atoms with van der Waals surface area (Å²) in [6.45, 7) is 2.22. The third-order valence-electron chi connectivity index (χ3n) is 2.14. The first kappa shape index (κ1) is 16.0. The lowest BCUT2D eigenvalue weighted by molar-refractivity contribution is 0.0938. The van der Waals surface area contributed by atoms with Gasteiger partial charge in [-0.15, -0.1) is 12.4 Å². The Hall–Kier alpha value is -0.970. The molecule has 0 radical (unpaired) electrons. The Morgan fingerprint density at radius 1 is 1.59 bits per heavy atom. The maximum absolute atomic E-state index is 11.8. The van der Waals surface area contributed by atoms with E-state index in [2.05, 4.69) is 5.32 Å². The molecule has 0 aliphatic rings. The molecule has 0 saturated carbocycles. The maximum atomic E-state index is 11.8. The van der Waals surface area contributed by atoms with Gasteiger partial charge < -0.3 is 15.8 Å². The van der Waals surface area contributed by atoms with Crippen LogP contribution in [-0.4, -0.2) is 25.6 Å². The SMILES string of the molecule is COc1cc(Cl)ccc1C(=O)N[C@H](C)CN.Cl. The molecule has 1 aromatic rings. The van der Waals surface area contributed by atoms with Crippen molar-refractivity contribution >= 4 is 29.9 Å². The van der Waals surface area contributed by atoms with Gasteiger partial charge in [-0.25, -0.2) is 0 Å². The molecule has 6 heteroatoms. The number of benzene rings is 1. The van der Waals surface area contributed by atoms with Crippen LogP contribution in [-0.2, 0) is 0 Å². The van der Waals surface area contributed by atoms with Crippen LogP contribution in [0.25, 0.3) is 0 Å². The number of nitrogens with one attached hydrogen (secondary N) is 1. The zero-order valence-corrected chi connectivity index (χ0v) is 11.3. The van der Waals surface area contributed by atoms with Crippen LogP contribution in [0.3, 0.4) is 0 Å². The fraction of sp³-hybridized carbons (Fsp3) is 0.364. The molecule has 0 spiro atoms. The van der Waals surface area contributed by atoms with E-state index in [-0.39, 0.29) is 24.4 Å². The fourth-order valence-corrected chi connectivity index (χ4v) is 1.38. The van der Waals surface area contributed by atoms with E-state index in [0.29, 0.717) is 22.9 Å². The first-order chi connectivity index (χ1) is 7.58. The second-order valence-corrected chi connectivity index (χ2v) is 3.89. The molecule has 1 rings (SSSR count). The Kier molecular flexibility index (Phi) is 6.95. The summed E-state index contributed by atoms with van der Waals surface area (Å²) in [7, 11) is 1.49. The number of ether oxygens (including phenoxy) is 1. The second-order valence-electron chi connectivity index (χ2n) is 3.45. The molecule has 1 atom stereocenters. The van der Waals surface area contributed by atoms with Gasteiger partial charge in [-0.1, -0.05) is 11.6 Å². The van der Waals surface area contributed by atoms with E-state index in [1.54, 1.807) is 18.2 Å². The van der Waals surface area contributed by atoms with Gasteiger partial charge in [0, 0.05) is 17.6 Å². The van der Waals surface area contributed by atoms with E-state index in [0.717, 1.165) is 0 Å². The van der Waals surface area contributed by atoms with E-state index in [9.17, 15) is 4.79 Å². The third-order valence-corrected chi connectivity index (χ3v) is 2.37. The molecule has 0 heterocycles. The summed E-state index contributed by atoms with van der Waals surface area (Å²) in [6, 6.07) is 4.79. The Bertz CT molecular complexity index is 386. The summed E-state index contributed by atoms with van der Waals surface area (Å²) >= 11 is 5.80. The molecular formula is C11H16Cl2N2O2. The first-order valence-electron chi connectivity index (χ1n) is 4.93. The van der Waals surface area contributed by atoms with E-state index in [1.165, 1.54) is 7.11 Å². The third kappa shape index (κ3) is 4.42. The minimum atomic E-state index is -0.216. The van der Waals surface area contributed by atoms with Gasteiger partial charge >= 0.3 is 0 Å². The van der Waals surface area contributed by atoms with Crippen molar-refractivity contribution in [3.63, 3.8) is 0 Å². The number of amides is 1. The minimum absolute atomic E-state index is 0. The maximum Gasteiger partial charge on any atom is 0.255 e. The van der Waals surface area contributed by atoms with Gasteiger partial charge in [-0.05, 0) is 25.1 Å². The van der Waals surface area contributed by atoms with Crippen LogP contribution in [0.2, 0.25) is 5.02 Å². The molecule has 0 bridgehead atoms. The van der Waals surface area contributed by atoms with Gasteiger partial charge in [0.05, 0.1) is 12.7 Å². The molecule has 0 aliphatic heterocycles. The van der Waals surface area contributed by atoms with Crippen molar-refractivity contribution in [3.05, 3.63) is 28.8 Å². The van der Waals surface area contributed by atoms with Crippen LogP contribution in [0.5, 0.6) is 5.75 Å². The van der Waals surface area contributed by atoms with Crippen molar-refractivity contribution in [3.8, 4) is 5.75 Å². The Balaban J connectivity index is 0.00000256. The van der Waals surface area contributed by atoms with Gasteiger partial charge in [0.15, 0.2) is 0 Å². The lowest BCUT2D eigenvalue weighted by atomic mass is 10.1. The second kappa shape index (κ2) is 7.37.